The largest absolute Gasteiger partial charge is 0.452 e. The van der Waals surface area contributed by atoms with Gasteiger partial charge in [-0.1, -0.05) is 19.1 Å². The van der Waals surface area contributed by atoms with E-state index in [1.807, 2.05) is 25.1 Å². The fourth-order valence-corrected chi connectivity index (χ4v) is 1.98. The second-order valence-corrected chi connectivity index (χ2v) is 4.30. The summed E-state index contributed by atoms with van der Waals surface area (Å²) in [6.07, 6.45) is 1.38. The van der Waals surface area contributed by atoms with Crippen molar-refractivity contribution in [3.05, 3.63) is 34.5 Å². The molecule has 0 atom stereocenters. The van der Waals surface area contributed by atoms with Crippen molar-refractivity contribution in [2.75, 3.05) is 0 Å². The van der Waals surface area contributed by atoms with Crippen LogP contribution in [0.3, 0.4) is 0 Å². The normalized spacial score (nSPS) is 10.8. The first-order valence-electron chi connectivity index (χ1n) is 4.93. The predicted molar refractivity (Wildman–Crippen MR) is 63.2 cm³/mol. The minimum absolute atomic E-state index is 0.0700. The number of carbonyl (C=O) groups excluding carboxylic acids is 1. The number of fused-ring (bicyclic) bond motifs is 1. The molecule has 0 unspecified atom stereocenters. The van der Waals surface area contributed by atoms with Crippen molar-refractivity contribution in [1.82, 2.24) is 0 Å². The van der Waals surface area contributed by atoms with Crippen LogP contribution in [-0.4, -0.2) is 5.78 Å². The highest BCUT2D eigenvalue weighted by Crippen LogP contribution is 2.27. The molecule has 0 aliphatic rings. The smallest absolute Gasteiger partial charge is 0.198 e. The number of para-hydroxylation sites is 1. The summed E-state index contributed by atoms with van der Waals surface area (Å²) < 4.78 is 6.40. The van der Waals surface area contributed by atoms with Crippen molar-refractivity contribution in [1.29, 1.82) is 0 Å². The van der Waals surface area contributed by atoms with E-state index in [-0.39, 0.29) is 5.78 Å². The maximum Gasteiger partial charge on any atom is 0.198 e. The molecule has 0 N–H and O–H groups in total. The maximum absolute atomic E-state index is 11.6. The maximum atomic E-state index is 11.6. The van der Waals surface area contributed by atoms with E-state index >= 15 is 0 Å². The van der Waals surface area contributed by atoms with Crippen molar-refractivity contribution < 1.29 is 9.21 Å². The van der Waals surface area contributed by atoms with Crippen LogP contribution in [0.1, 0.15) is 30.3 Å². The molecule has 0 spiro atoms. The molecule has 1 aromatic heterocycles. The van der Waals surface area contributed by atoms with Gasteiger partial charge in [0.2, 0.25) is 0 Å². The molecule has 2 rings (SSSR count). The lowest BCUT2D eigenvalue weighted by atomic mass is 10.2. The van der Waals surface area contributed by atoms with Crippen molar-refractivity contribution in [3.63, 3.8) is 0 Å². The van der Waals surface area contributed by atoms with Crippen molar-refractivity contribution in [2.24, 2.45) is 0 Å². The average Bonchev–Trinajstić information content (AvgIpc) is 2.63. The summed E-state index contributed by atoms with van der Waals surface area (Å²) in [7, 11) is 0. The number of hydrogen-bond donors (Lipinski definition) is 0. The van der Waals surface area contributed by atoms with Crippen LogP contribution >= 0.6 is 15.9 Å². The van der Waals surface area contributed by atoms with Gasteiger partial charge in [-0.25, -0.2) is 0 Å². The van der Waals surface area contributed by atoms with Crippen LogP contribution in [-0.2, 0) is 0 Å². The molecule has 0 amide bonds. The van der Waals surface area contributed by atoms with E-state index < -0.39 is 0 Å². The molecule has 0 saturated heterocycles. The summed E-state index contributed by atoms with van der Waals surface area (Å²) >= 11 is 3.39. The molecule has 0 radical (unpaired) electrons. The van der Waals surface area contributed by atoms with Crippen LogP contribution in [0.15, 0.2) is 33.2 Å². The van der Waals surface area contributed by atoms with Gasteiger partial charge in [-0.15, -0.1) is 0 Å². The summed E-state index contributed by atoms with van der Waals surface area (Å²) in [5, 5.41) is 0.962. The van der Waals surface area contributed by atoms with E-state index in [0.717, 1.165) is 21.9 Å². The van der Waals surface area contributed by atoms with E-state index in [4.69, 9.17) is 4.42 Å². The average molecular weight is 267 g/mol. The van der Waals surface area contributed by atoms with E-state index in [1.165, 1.54) is 0 Å². The van der Waals surface area contributed by atoms with E-state index in [1.54, 1.807) is 6.07 Å². The standard InChI is InChI=1S/C12H11BrO2/c1-2-4-10(14)11-7-8-5-3-6-9(13)12(8)15-11/h3,5-7H,2,4H2,1H3. The van der Waals surface area contributed by atoms with Crippen LogP contribution in [0, 0.1) is 0 Å². The summed E-state index contributed by atoms with van der Waals surface area (Å²) in [5.41, 5.74) is 0.747. The van der Waals surface area contributed by atoms with Gasteiger partial charge in [0.05, 0.1) is 4.47 Å². The Labute approximate surface area is 96.4 Å². The fraction of sp³-hybridized carbons (Fsp3) is 0.250. The topological polar surface area (TPSA) is 30.2 Å². The minimum Gasteiger partial charge on any atom is -0.452 e. The number of halogens is 1. The van der Waals surface area contributed by atoms with Gasteiger partial charge in [0.1, 0.15) is 5.58 Å². The third-order valence-electron chi connectivity index (χ3n) is 2.25. The summed E-state index contributed by atoms with van der Waals surface area (Å²) in [6, 6.07) is 7.57. The van der Waals surface area contributed by atoms with Gasteiger partial charge in [-0.2, -0.15) is 0 Å². The predicted octanol–water partition coefficient (Wildman–Crippen LogP) is 4.18. The molecule has 0 bridgehead atoms. The monoisotopic (exact) mass is 266 g/mol. The van der Waals surface area contributed by atoms with Crippen LogP contribution in [0.2, 0.25) is 0 Å². The molecular formula is C12H11BrO2. The lowest BCUT2D eigenvalue weighted by molar-refractivity contribution is 0.0957. The molecule has 0 aliphatic heterocycles. The molecule has 2 nitrogen and oxygen atoms in total. The van der Waals surface area contributed by atoms with Gasteiger partial charge < -0.3 is 4.42 Å². The van der Waals surface area contributed by atoms with Gasteiger partial charge in [0.15, 0.2) is 11.5 Å². The van der Waals surface area contributed by atoms with E-state index in [2.05, 4.69) is 15.9 Å². The number of ketones is 1. The molecule has 1 heterocycles. The number of benzene rings is 1. The van der Waals surface area contributed by atoms with Gasteiger partial charge >= 0.3 is 0 Å². The quantitative estimate of drug-likeness (QED) is 0.781. The van der Waals surface area contributed by atoms with E-state index in [0.29, 0.717) is 12.2 Å². The summed E-state index contributed by atoms with van der Waals surface area (Å²) in [5.74, 6) is 0.527. The first-order chi connectivity index (χ1) is 7.22. The molecule has 0 aliphatic carbocycles. The van der Waals surface area contributed by atoms with Crippen LogP contribution < -0.4 is 0 Å². The van der Waals surface area contributed by atoms with Gasteiger partial charge in [-0.3, -0.25) is 4.79 Å². The minimum atomic E-state index is 0.0700. The van der Waals surface area contributed by atoms with Gasteiger partial charge in [-0.05, 0) is 34.5 Å². The Morgan fingerprint density at radius 1 is 1.47 bits per heavy atom. The number of carbonyl (C=O) groups is 1. The number of furan rings is 1. The lowest BCUT2D eigenvalue weighted by Crippen LogP contribution is -1.94. The Kier molecular flexibility index (Phi) is 2.91. The Morgan fingerprint density at radius 3 is 2.93 bits per heavy atom. The fourth-order valence-electron chi connectivity index (χ4n) is 1.52. The first kappa shape index (κ1) is 10.4. The molecule has 0 saturated carbocycles. The Balaban J connectivity index is 2.47. The van der Waals surface area contributed by atoms with Gasteiger partial charge in [0.25, 0.3) is 0 Å². The molecular weight excluding hydrogens is 256 g/mol. The second-order valence-electron chi connectivity index (χ2n) is 3.44. The molecule has 1 aromatic carbocycles. The Morgan fingerprint density at radius 2 is 2.27 bits per heavy atom. The first-order valence-corrected chi connectivity index (χ1v) is 5.73. The van der Waals surface area contributed by atoms with Crippen LogP contribution in [0.5, 0.6) is 0 Å². The Bertz CT molecular complexity index is 499. The summed E-state index contributed by atoms with van der Waals surface area (Å²) in [6.45, 7) is 1.98. The zero-order valence-electron chi connectivity index (χ0n) is 8.42. The molecule has 3 heteroatoms. The lowest BCUT2D eigenvalue weighted by Gasteiger charge is -1.92. The van der Waals surface area contributed by atoms with Crippen molar-refractivity contribution in [3.8, 4) is 0 Å². The van der Waals surface area contributed by atoms with Gasteiger partial charge in [0, 0.05) is 11.8 Å². The second kappa shape index (κ2) is 4.19. The third-order valence-corrected chi connectivity index (χ3v) is 2.87. The van der Waals surface area contributed by atoms with Crippen LogP contribution in [0.25, 0.3) is 11.0 Å². The number of rotatable bonds is 3. The number of hydrogen-bond acceptors (Lipinski definition) is 2. The van der Waals surface area contributed by atoms with Crippen molar-refractivity contribution in [2.45, 2.75) is 19.8 Å². The summed E-state index contributed by atoms with van der Waals surface area (Å²) in [4.78, 5) is 11.6. The van der Waals surface area contributed by atoms with E-state index in [9.17, 15) is 4.79 Å². The zero-order valence-corrected chi connectivity index (χ0v) is 10.0. The molecule has 0 fully saturated rings. The highest BCUT2D eigenvalue weighted by molar-refractivity contribution is 9.10. The van der Waals surface area contributed by atoms with Crippen LogP contribution in [0.4, 0.5) is 0 Å². The molecule has 78 valence electrons. The van der Waals surface area contributed by atoms with Crippen molar-refractivity contribution >= 4 is 32.7 Å². The highest BCUT2D eigenvalue weighted by atomic mass is 79.9. The third kappa shape index (κ3) is 1.97. The highest BCUT2D eigenvalue weighted by Gasteiger charge is 2.12. The Hall–Kier alpha value is -1.09. The zero-order chi connectivity index (χ0) is 10.8. The molecule has 15 heavy (non-hydrogen) atoms. The SMILES string of the molecule is CCCC(=O)c1cc2cccc(Br)c2o1. The molecule has 2 aromatic rings. The number of Topliss-reactive ketones (excluding diaryl/α,β-unsaturated/α-hetero) is 1.